The molecule has 0 spiro atoms. The second-order valence-electron chi connectivity index (χ2n) is 6.87. The Morgan fingerprint density at radius 1 is 1.09 bits per heavy atom. The van der Waals surface area contributed by atoms with E-state index in [-0.39, 0.29) is 11.4 Å². The van der Waals surface area contributed by atoms with Crippen LogP contribution in [0.1, 0.15) is 11.1 Å². The third-order valence-corrected chi connectivity index (χ3v) is 6.27. The lowest BCUT2D eigenvalue weighted by Gasteiger charge is -2.11. The van der Waals surface area contributed by atoms with Gasteiger partial charge in [0.1, 0.15) is 0 Å². The number of aryl methyl sites for hydroxylation is 1. The second kappa shape index (κ2) is 9.17. The Morgan fingerprint density at radius 3 is 2.56 bits per heavy atom. The summed E-state index contributed by atoms with van der Waals surface area (Å²) in [6.07, 6.45) is -4.47. The molecule has 0 saturated carbocycles. The predicted molar refractivity (Wildman–Crippen MR) is 120 cm³/mol. The van der Waals surface area contributed by atoms with E-state index in [1.54, 1.807) is 0 Å². The Kier molecular flexibility index (Phi) is 6.33. The summed E-state index contributed by atoms with van der Waals surface area (Å²) in [5.74, 6) is 0.181. The van der Waals surface area contributed by atoms with Crippen molar-refractivity contribution in [3.05, 3.63) is 77.2 Å². The van der Waals surface area contributed by atoms with Crippen molar-refractivity contribution in [3.63, 3.8) is 0 Å². The molecule has 32 heavy (non-hydrogen) atoms. The van der Waals surface area contributed by atoms with E-state index < -0.39 is 17.6 Å². The molecule has 0 aliphatic heterocycles. The fraction of sp³-hybridized carbons (Fsp3) is 0.136. The van der Waals surface area contributed by atoms with Gasteiger partial charge < -0.3 is 5.32 Å². The van der Waals surface area contributed by atoms with Crippen LogP contribution >= 0.6 is 23.1 Å². The smallest absolute Gasteiger partial charge is 0.325 e. The molecule has 2 aromatic heterocycles. The molecule has 0 radical (unpaired) electrons. The molecule has 5 nitrogen and oxygen atoms in total. The first-order chi connectivity index (χ1) is 15.3. The van der Waals surface area contributed by atoms with Crippen LogP contribution in [0.15, 0.2) is 71.2 Å². The van der Waals surface area contributed by atoms with E-state index in [4.69, 9.17) is 0 Å². The number of halogens is 3. The number of rotatable bonds is 6. The molecular formula is C22H17F3N4OS2. The van der Waals surface area contributed by atoms with Crippen molar-refractivity contribution in [1.29, 1.82) is 0 Å². The number of carbonyl (C=O) groups is 1. The van der Waals surface area contributed by atoms with Gasteiger partial charge >= 0.3 is 6.18 Å². The van der Waals surface area contributed by atoms with Crippen molar-refractivity contribution in [2.75, 3.05) is 11.1 Å². The Bertz CT molecular complexity index is 1220. The first-order valence-corrected chi connectivity index (χ1v) is 11.3. The number of aromatic nitrogens is 3. The number of thiophene rings is 1. The highest BCUT2D eigenvalue weighted by Gasteiger charge is 2.30. The minimum absolute atomic E-state index is 0.0370. The zero-order valence-corrected chi connectivity index (χ0v) is 18.4. The highest BCUT2D eigenvalue weighted by Crippen LogP contribution is 2.32. The van der Waals surface area contributed by atoms with Crippen molar-refractivity contribution >= 4 is 34.7 Å². The molecule has 0 atom stereocenters. The van der Waals surface area contributed by atoms with Crippen molar-refractivity contribution in [1.82, 2.24) is 14.8 Å². The monoisotopic (exact) mass is 474 g/mol. The summed E-state index contributed by atoms with van der Waals surface area (Å²) < 4.78 is 40.5. The largest absolute Gasteiger partial charge is 0.416 e. The summed E-state index contributed by atoms with van der Waals surface area (Å²) in [6.45, 7) is 1.99. The second-order valence-corrected chi connectivity index (χ2v) is 8.76. The summed E-state index contributed by atoms with van der Waals surface area (Å²) in [5, 5.41) is 13.5. The number of nitrogens with zero attached hydrogens (tertiary/aromatic N) is 3. The quantitative estimate of drug-likeness (QED) is 0.346. The fourth-order valence-corrected chi connectivity index (χ4v) is 4.41. The number of hydrogen-bond donors (Lipinski definition) is 1. The van der Waals surface area contributed by atoms with Crippen LogP contribution in [0.4, 0.5) is 18.9 Å². The Balaban J connectivity index is 1.53. The number of hydrogen-bond acceptors (Lipinski definition) is 5. The van der Waals surface area contributed by atoms with Crippen LogP contribution in [0.5, 0.6) is 0 Å². The average molecular weight is 475 g/mol. The Hall–Kier alpha value is -3.11. The van der Waals surface area contributed by atoms with E-state index in [9.17, 15) is 18.0 Å². The molecule has 2 aromatic carbocycles. The summed E-state index contributed by atoms with van der Waals surface area (Å²) in [4.78, 5) is 13.3. The molecule has 10 heteroatoms. The van der Waals surface area contributed by atoms with Crippen LogP contribution in [0.3, 0.4) is 0 Å². The molecule has 1 amide bonds. The number of anilines is 1. The molecule has 0 aliphatic rings. The zero-order valence-electron chi connectivity index (χ0n) is 16.8. The van der Waals surface area contributed by atoms with Gasteiger partial charge in [-0.1, -0.05) is 41.6 Å². The van der Waals surface area contributed by atoms with E-state index in [0.717, 1.165) is 40.0 Å². The van der Waals surface area contributed by atoms with Crippen LogP contribution in [0.25, 0.3) is 16.4 Å². The molecule has 4 rings (SSSR count). The molecule has 0 fully saturated rings. The molecule has 4 aromatic rings. The van der Waals surface area contributed by atoms with E-state index in [2.05, 4.69) is 15.5 Å². The SMILES string of the molecule is Cc1ccc(-n2c(SCC(=O)Nc3cccc(C(F)(F)F)c3)nnc2-c2cccs2)cc1. The fourth-order valence-electron chi connectivity index (χ4n) is 2.96. The van der Waals surface area contributed by atoms with Crippen LogP contribution < -0.4 is 5.32 Å². The third kappa shape index (κ3) is 5.03. The molecule has 164 valence electrons. The number of benzene rings is 2. The van der Waals surface area contributed by atoms with Crippen LogP contribution in [-0.4, -0.2) is 26.4 Å². The van der Waals surface area contributed by atoms with Crippen LogP contribution in [0, 0.1) is 6.92 Å². The van der Waals surface area contributed by atoms with E-state index in [0.29, 0.717) is 11.0 Å². The van der Waals surface area contributed by atoms with E-state index in [1.165, 1.54) is 23.5 Å². The zero-order chi connectivity index (χ0) is 22.7. The number of carbonyl (C=O) groups excluding carboxylic acids is 1. The lowest BCUT2D eigenvalue weighted by atomic mass is 10.2. The minimum atomic E-state index is -4.47. The van der Waals surface area contributed by atoms with E-state index >= 15 is 0 Å². The molecule has 1 N–H and O–H groups in total. The number of nitrogens with one attached hydrogen (secondary N) is 1. The Morgan fingerprint density at radius 2 is 1.88 bits per heavy atom. The topological polar surface area (TPSA) is 59.8 Å². The molecule has 0 unspecified atom stereocenters. The highest BCUT2D eigenvalue weighted by atomic mass is 32.2. The van der Waals surface area contributed by atoms with Gasteiger partial charge in [-0.3, -0.25) is 9.36 Å². The van der Waals surface area contributed by atoms with Crippen LogP contribution in [0.2, 0.25) is 0 Å². The first kappa shape index (κ1) is 22.1. The third-order valence-electron chi connectivity index (χ3n) is 4.47. The predicted octanol–water partition coefficient (Wildman–Crippen LogP) is 6.05. The lowest BCUT2D eigenvalue weighted by Crippen LogP contribution is -2.15. The first-order valence-electron chi connectivity index (χ1n) is 9.47. The van der Waals surface area contributed by atoms with Gasteiger partial charge in [-0.25, -0.2) is 0 Å². The van der Waals surface area contributed by atoms with Crippen LogP contribution in [-0.2, 0) is 11.0 Å². The summed E-state index contributed by atoms with van der Waals surface area (Å²) in [5.41, 5.74) is 1.23. The van der Waals surface area contributed by atoms with Crippen molar-refractivity contribution in [2.24, 2.45) is 0 Å². The van der Waals surface area contributed by atoms with Gasteiger partial charge in [0, 0.05) is 11.4 Å². The number of thioether (sulfide) groups is 1. The maximum absolute atomic E-state index is 12.9. The molecule has 0 bridgehead atoms. The van der Waals surface area contributed by atoms with Gasteiger partial charge in [0.15, 0.2) is 11.0 Å². The van der Waals surface area contributed by atoms with Gasteiger partial charge in [-0.15, -0.1) is 21.5 Å². The highest BCUT2D eigenvalue weighted by molar-refractivity contribution is 7.99. The van der Waals surface area contributed by atoms with Crippen molar-refractivity contribution in [3.8, 4) is 16.4 Å². The summed E-state index contributed by atoms with van der Waals surface area (Å²) in [6, 6.07) is 16.2. The average Bonchev–Trinajstić information content (AvgIpc) is 3.42. The van der Waals surface area contributed by atoms with Gasteiger partial charge in [-0.05, 0) is 48.7 Å². The standard InChI is InChI=1S/C22H17F3N4OS2/c1-14-7-9-17(10-8-14)29-20(18-6-3-11-31-18)27-28-21(29)32-13-19(30)26-16-5-2-4-15(12-16)22(23,24)25/h2-12H,13H2,1H3,(H,26,30). The lowest BCUT2D eigenvalue weighted by molar-refractivity contribution is -0.137. The summed E-state index contributed by atoms with van der Waals surface area (Å²) >= 11 is 2.69. The van der Waals surface area contributed by atoms with Crippen molar-refractivity contribution < 1.29 is 18.0 Å². The van der Waals surface area contributed by atoms with Crippen molar-refractivity contribution in [2.45, 2.75) is 18.3 Å². The molecular weight excluding hydrogens is 457 g/mol. The molecule has 0 aliphatic carbocycles. The number of alkyl halides is 3. The summed E-state index contributed by atoms with van der Waals surface area (Å²) in [7, 11) is 0. The van der Waals surface area contributed by atoms with E-state index in [1.807, 2.05) is 53.3 Å². The van der Waals surface area contributed by atoms with Gasteiger partial charge in [0.2, 0.25) is 5.91 Å². The van der Waals surface area contributed by atoms with Gasteiger partial charge in [-0.2, -0.15) is 13.2 Å². The normalized spacial score (nSPS) is 11.5. The number of amides is 1. The maximum Gasteiger partial charge on any atom is 0.416 e. The molecule has 2 heterocycles. The minimum Gasteiger partial charge on any atom is -0.325 e. The van der Waals surface area contributed by atoms with Gasteiger partial charge in [0.25, 0.3) is 0 Å². The molecule has 0 saturated heterocycles. The Labute approximate surface area is 190 Å². The maximum atomic E-state index is 12.9. The van der Waals surface area contributed by atoms with Gasteiger partial charge in [0.05, 0.1) is 16.2 Å².